The molecule has 0 aliphatic rings. The Morgan fingerprint density at radius 2 is 2.06 bits per heavy atom. The summed E-state index contributed by atoms with van der Waals surface area (Å²) >= 11 is 0. The number of benzene rings is 1. The van der Waals surface area contributed by atoms with Crippen LogP contribution in [0.1, 0.15) is 11.1 Å². The zero-order valence-corrected chi connectivity index (χ0v) is 8.74. The summed E-state index contributed by atoms with van der Waals surface area (Å²) in [6.45, 7) is 1.88. The van der Waals surface area contributed by atoms with Gasteiger partial charge in [0.1, 0.15) is 11.9 Å². The van der Waals surface area contributed by atoms with Crippen LogP contribution < -0.4 is 0 Å². The van der Waals surface area contributed by atoms with Crippen molar-refractivity contribution in [2.75, 3.05) is 0 Å². The zero-order chi connectivity index (χ0) is 11.5. The van der Waals surface area contributed by atoms with E-state index >= 15 is 0 Å². The molecule has 3 heteroatoms. The third-order valence-corrected chi connectivity index (χ3v) is 2.44. The van der Waals surface area contributed by atoms with E-state index in [9.17, 15) is 4.39 Å². The summed E-state index contributed by atoms with van der Waals surface area (Å²) in [5, 5.41) is 8.95. The molecular weight excluding hydrogens is 203 g/mol. The van der Waals surface area contributed by atoms with Crippen LogP contribution in [0.5, 0.6) is 0 Å². The van der Waals surface area contributed by atoms with Gasteiger partial charge < -0.3 is 0 Å². The molecule has 0 unspecified atom stereocenters. The molecule has 2 nitrogen and oxygen atoms in total. The monoisotopic (exact) mass is 212 g/mol. The lowest BCUT2D eigenvalue weighted by Crippen LogP contribution is -1.91. The summed E-state index contributed by atoms with van der Waals surface area (Å²) in [6, 6.07) is 8.31. The van der Waals surface area contributed by atoms with Crippen LogP contribution in [-0.4, -0.2) is 4.98 Å². The Morgan fingerprint density at radius 3 is 2.75 bits per heavy atom. The second kappa shape index (κ2) is 4.11. The Labute approximate surface area is 93.0 Å². The van der Waals surface area contributed by atoms with Gasteiger partial charge >= 0.3 is 0 Å². The predicted molar refractivity (Wildman–Crippen MR) is 59.1 cm³/mol. The molecule has 0 fully saturated rings. The summed E-state index contributed by atoms with van der Waals surface area (Å²) in [5.74, 6) is -0.490. The second-order valence-corrected chi connectivity index (χ2v) is 3.46. The van der Waals surface area contributed by atoms with Gasteiger partial charge in [0.25, 0.3) is 0 Å². The van der Waals surface area contributed by atoms with Crippen molar-refractivity contribution < 1.29 is 4.39 Å². The van der Waals surface area contributed by atoms with Crippen molar-refractivity contribution in [2.24, 2.45) is 0 Å². The first-order valence-corrected chi connectivity index (χ1v) is 4.83. The maximum Gasteiger partial charge on any atom is 0.141 e. The summed E-state index contributed by atoms with van der Waals surface area (Å²) < 4.78 is 13.4. The molecule has 0 aliphatic heterocycles. The van der Waals surface area contributed by atoms with Crippen LogP contribution >= 0.6 is 0 Å². The van der Waals surface area contributed by atoms with Crippen LogP contribution in [0.3, 0.4) is 0 Å². The number of nitrogens with zero attached hydrogens (tertiary/aromatic N) is 2. The Morgan fingerprint density at radius 1 is 1.25 bits per heavy atom. The highest BCUT2D eigenvalue weighted by atomic mass is 19.1. The molecule has 0 atom stereocenters. The van der Waals surface area contributed by atoms with Crippen LogP contribution in [0.4, 0.5) is 4.39 Å². The molecule has 0 N–H and O–H groups in total. The average molecular weight is 212 g/mol. The van der Waals surface area contributed by atoms with Crippen molar-refractivity contribution in [3.63, 3.8) is 0 Å². The van der Waals surface area contributed by atoms with Crippen molar-refractivity contribution in [1.29, 1.82) is 5.26 Å². The summed E-state index contributed by atoms with van der Waals surface area (Å²) in [7, 11) is 0. The molecule has 1 aromatic heterocycles. The van der Waals surface area contributed by atoms with Gasteiger partial charge in [-0.3, -0.25) is 4.98 Å². The highest BCUT2D eigenvalue weighted by Gasteiger charge is 2.10. The standard InChI is InChI=1S/C13H9FN2/c1-9-8-16-6-5-10(9)11-3-2-4-13(14)12(11)7-15/h2-6,8H,1H3. The fourth-order valence-corrected chi connectivity index (χ4v) is 1.64. The average Bonchev–Trinajstić information content (AvgIpc) is 2.29. The minimum Gasteiger partial charge on any atom is -0.264 e. The molecule has 0 aliphatic carbocycles. The van der Waals surface area contributed by atoms with Gasteiger partial charge in [0, 0.05) is 18.0 Å². The van der Waals surface area contributed by atoms with Crippen LogP contribution in [0.2, 0.25) is 0 Å². The van der Waals surface area contributed by atoms with Crippen molar-refractivity contribution in [2.45, 2.75) is 6.92 Å². The molecule has 0 amide bonds. The van der Waals surface area contributed by atoms with E-state index in [1.165, 1.54) is 6.07 Å². The Balaban J connectivity index is 2.71. The number of aromatic nitrogens is 1. The van der Waals surface area contributed by atoms with E-state index in [0.717, 1.165) is 11.1 Å². The molecule has 2 rings (SSSR count). The van der Waals surface area contributed by atoms with Gasteiger partial charge in [0.05, 0.1) is 5.56 Å². The summed E-state index contributed by atoms with van der Waals surface area (Å²) in [6.07, 6.45) is 3.33. The van der Waals surface area contributed by atoms with Crippen molar-refractivity contribution in [1.82, 2.24) is 4.98 Å². The van der Waals surface area contributed by atoms with Crippen LogP contribution in [-0.2, 0) is 0 Å². The highest BCUT2D eigenvalue weighted by molar-refractivity contribution is 5.72. The first-order valence-electron chi connectivity index (χ1n) is 4.83. The quantitative estimate of drug-likeness (QED) is 0.728. The highest BCUT2D eigenvalue weighted by Crippen LogP contribution is 2.27. The molecule has 0 saturated carbocycles. The first-order chi connectivity index (χ1) is 7.74. The van der Waals surface area contributed by atoms with Gasteiger partial charge in [0.2, 0.25) is 0 Å². The lowest BCUT2D eigenvalue weighted by molar-refractivity contribution is 0.624. The Hall–Kier alpha value is -2.21. The van der Waals surface area contributed by atoms with Crippen molar-refractivity contribution in [3.8, 4) is 17.2 Å². The minimum absolute atomic E-state index is 0.0804. The lowest BCUT2D eigenvalue weighted by atomic mass is 9.98. The van der Waals surface area contributed by atoms with Gasteiger partial charge in [0.15, 0.2) is 0 Å². The number of halogens is 1. The molecule has 2 aromatic rings. The molecule has 1 aromatic carbocycles. The van der Waals surface area contributed by atoms with Crippen LogP contribution in [0.25, 0.3) is 11.1 Å². The normalized spacial score (nSPS) is 9.81. The number of nitriles is 1. The zero-order valence-electron chi connectivity index (χ0n) is 8.74. The van der Waals surface area contributed by atoms with E-state index in [-0.39, 0.29) is 5.56 Å². The largest absolute Gasteiger partial charge is 0.264 e. The van der Waals surface area contributed by atoms with Gasteiger partial charge in [-0.1, -0.05) is 12.1 Å². The van der Waals surface area contributed by atoms with Crippen molar-refractivity contribution >= 4 is 0 Å². The second-order valence-electron chi connectivity index (χ2n) is 3.46. The summed E-state index contributed by atoms with van der Waals surface area (Å²) in [5.41, 5.74) is 2.45. The van der Waals surface area contributed by atoms with E-state index < -0.39 is 5.82 Å². The number of pyridine rings is 1. The molecule has 1 heterocycles. The Bertz CT molecular complexity index is 570. The third-order valence-electron chi connectivity index (χ3n) is 2.44. The fraction of sp³-hybridized carbons (Fsp3) is 0.0769. The molecule has 16 heavy (non-hydrogen) atoms. The first kappa shape index (κ1) is 10.3. The van der Waals surface area contributed by atoms with E-state index in [2.05, 4.69) is 4.98 Å². The molecule has 0 spiro atoms. The smallest absolute Gasteiger partial charge is 0.141 e. The van der Waals surface area contributed by atoms with E-state index in [4.69, 9.17) is 5.26 Å². The van der Waals surface area contributed by atoms with Gasteiger partial charge in [-0.2, -0.15) is 5.26 Å². The summed E-state index contributed by atoms with van der Waals surface area (Å²) in [4.78, 5) is 3.97. The van der Waals surface area contributed by atoms with E-state index in [1.807, 2.05) is 13.0 Å². The number of aryl methyl sites for hydroxylation is 1. The number of rotatable bonds is 1. The molecule has 0 saturated heterocycles. The number of hydrogen-bond acceptors (Lipinski definition) is 2. The molecule has 78 valence electrons. The van der Waals surface area contributed by atoms with Gasteiger partial charge in [-0.25, -0.2) is 4.39 Å². The Kier molecular flexibility index (Phi) is 2.65. The molecular formula is C13H9FN2. The van der Waals surface area contributed by atoms with E-state index in [0.29, 0.717) is 5.56 Å². The van der Waals surface area contributed by atoms with Gasteiger partial charge in [-0.05, 0) is 30.2 Å². The molecule has 0 radical (unpaired) electrons. The molecule has 0 bridgehead atoms. The lowest BCUT2D eigenvalue weighted by Gasteiger charge is -2.07. The topological polar surface area (TPSA) is 36.7 Å². The van der Waals surface area contributed by atoms with E-state index in [1.54, 1.807) is 30.6 Å². The predicted octanol–water partition coefficient (Wildman–Crippen LogP) is 3.07. The maximum absolute atomic E-state index is 13.4. The maximum atomic E-state index is 13.4. The SMILES string of the molecule is Cc1cnccc1-c1cccc(F)c1C#N. The number of hydrogen-bond donors (Lipinski definition) is 0. The van der Waals surface area contributed by atoms with Gasteiger partial charge in [-0.15, -0.1) is 0 Å². The van der Waals surface area contributed by atoms with Crippen molar-refractivity contribution in [3.05, 3.63) is 53.6 Å². The van der Waals surface area contributed by atoms with Crippen LogP contribution in [0.15, 0.2) is 36.7 Å². The minimum atomic E-state index is -0.490. The third kappa shape index (κ3) is 1.66. The van der Waals surface area contributed by atoms with Crippen LogP contribution in [0, 0.1) is 24.1 Å². The fourth-order valence-electron chi connectivity index (χ4n) is 1.64.